The smallest absolute Gasteiger partial charge is 0.123 e. The largest absolute Gasteiger partial charge is 0.496 e. The molecule has 0 fully saturated rings. The summed E-state index contributed by atoms with van der Waals surface area (Å²) in [4.78, 5) is 0. The van der Waals surface area contributed by atoms with Crippen LogP contribution in [0.15, 0.2) is 48.7 Å². The van der Waals surface area contributed by atoms with Gasteiger partial charge >= 0.3 is 0 Å². The van der Waals surface area contributed by atoms with Gasteiger partial charge in [-0.2, -0.15) is 0 Å². The van der Waals surface area contributed by atoms with Crippen molar-refractivity contribution in [1.29, 1.82) is 0 Å². The minimum atomic E-state index is 0.669. The van der Waals surface area contributed by atoms with Crippen LogP contribution in [0.1, 0.15) is 5.56 Å². The van der Waals surface area contributed by atoms with Crippen molar-refractivity contribution in [3.8, 4) is 5.75 Å². The normalized spacial score (nSPS) is 10.9. The third-order valence-electron chi connectivity index (χ3n) is 3.43. The summed E-state index contributed by atoms with van der Waals surface area (Å²) in [5, 5.41) is 2.78. The number of para-hydroxylation sites is 1. The van der Waals surface area contributed by atoms with Crippen LogP contribution in [0.3, 0.4) is 0 Å². The molecule has 0 aliphatic rings. The number of nitrogens with zero attached hydrogens (tertiary/aromatic N) is 1. The average Bonchev–Trinajstić information content (AvgIpc) is 2.75. The number of anilines is 1. The van der Waals surface area contributed by atoms with E-state index < -0.39 is 0 Å². The SMILES string of the molecule is COc1ccccc1Cn1cc2cc(Cl)ccc2c1N. The number of nitrogens with two attached hydrogens (primary N) is 1. The number of ether oxygens (including phenoxy) is 1. The molecule has 20 heavy (non-hydrogen) atoms. The highest BCUT2D eigenvalue weighted by molar-refractivity contribution is 6.31. The first-order chi connectivity index (χ1) is 9.69. The van der Waals surface area contributed by atoms with Gasteiger partial charge in [-0.25, -0.2) is 0 Å². The second-order valence-corrected chi connectivity index (χ2v) is 5.12. The molecule has 0 saturated carbocycles. The molecule has 0 aliphatic heterocycles. The molecule has 102 valence electrons. The van der Waals surface area contributed by atoms with Crippen molar-refractivity contribution in [2.24, 2.45) is 0 Å². The van der Waals surface area contributed by atoms with Crippen LogP contribution in [0.4, 0.5) is 5.82 Å². The molecule has 3 nitrogen and oxygen atoms in total. The van der Waals surface area contributed by atoms with E-state index in [2.05, 4.69) is 0 Å². The van der Waals surface area contributed by atoms with Gasteiger partial charge in [0.25, 0.3) is 0 Å². The zero-order valence-corrected chi connectivity index (χ0v) is 11.9. The van der Waals surface area contributed by atoms with E-state index in [0.29, 0.717) is 11.6 Å². The van der Waals surface area contributed by atoms with Gasteiger partial charge in [0.1, 0.15) is 11.6 Å². The zero-order chi connectivity index (χ0) is 14.1. The lowest BCUT2D eigenvalue weighted by molar-refractivity contribution is 0.408. The molecule has 1 heterocycles. The minimum Gasteiger partial charge on any atom is -0.496 e. The molecule has 3 rings (SSSR count). The van der Waals surface area contributed by atoms with Crippen LogP contribution < -0.4 is 10.5 Å². The minimum absolute atomic E-state index is 0.669. The molecular formula is C16H15ClN2O. The summed E-state index contributed by atoms with van der Waals surface area (Å²) in [7, 11) is 1.67. The first-order valence-electron chi connectivity index (χ1n) is 6.35. The van der Waals surface area contributed by atoms with Gasteiger partial charge in [0, 0.05) is 27.6 Å². The van der Waals surface area contributed by atoms with E-state index >= 15 is 0 Å². The molecule has 0 radical (unpaired) electrons. The van der Waals surface area contributed by atoms with Gasteiger partial charge in [0.05, 0.1) is 13.7 Å². The lowest BCUT2D eigenvalue weighted by Crippen LogP contribution is -2.04. The van der Waals surface area contributed by atoms with Crippen LogP contribution >= 0.6 is 11.6 Å². The van der Waals surface area contributed by atoms with Gasteiger partial charge in [0.15, 0.2) is 0 Å². The van der Waals surface area contributed by atoms with Crippen molar-refractivity contribution in [3.05, 3.63) is 59.2 Å². The lowest BCUT2D eigenvalue weighted by Gasteiger charge is -2.10. The lowest BCUT2D eigenvalue weighted by atomic mass is 10.2. The number of benzene rings is 2. The predicted molar refractivity (Wildman–Crippen MR) is 83.5 cm³/mol. The Hall–Kier alpha value is -2.13. The number of hydrogen-bond acceptors (Lipinski definition) is 2. The maximum atomic E-state index is 6.21. The molecule has 4 heteroatoms. The molecule has 2 N–H and O–H groups in total. The monoisotopic (exact) mass is 286 g/mol. The van der Waals surface area contributed by atoms with Gasteiger partial charge in [-0.15, -0.1) is 0 Å². The summed E-state index contributed by atoms with van der Waals surface area (Å²) < 4.78 is 7.39. The number of halogens is 1. The van der Waals surface area contributed by atoms with E-state index in [4.69, 9.17) is 22.1 Å². The fraction of sp³-hybridized carbons (Fsp3) is 0.125. The zero-order valence-electron chi connectivity index (χ0n) is 11.1. The Balaban J connectivity index is 2.04. The third-order valence-corrected chi connectivity index (χ3v) is 3.66. The van der Waals surface area contributed by atoms with Crippen molar-refractivity contribution < 1.29 is 4.74 Å². The summed E-state index contributed by atoms with van der Waals surface area (Å²) in [5.41, 5.74) is 7.30. The van der Waals surface area contributed by atoms with E-state index in [1.807, 2.05) is 53.2 Å². The van der Waals surface area contributed by atoms with Crippen LogP contribution in [-0.2, 0) is 6.54 Å². The van der Waals surface area contributed by atoms with Gasteiger partial charge in [-0.05, 0) is 24.3 Å². The van der Waals surface area contributed by atoms with E-state index in [-0.39, 0.29) is 0 Å². The van der Waals surface area contributed by atoms with Gasteiger partial charge in [-0.3, -0.25) is 0 Å². The summed E-state index contributed by atoms with van der Waals surface area (Å²) >= 11 is 6.02. The Bertz CT molecular complexity index is 764. The predicted octanol–water partition coefficient (Wildman–Crippen LogP) is 3.93. The molecule has 0 amide bonds. The molecule has 0 spiro atoms. The highest BCUT2D eigenvalue weighted by Crippen LogP contribution is 2.28. The standard InChI is InChI=1S/C16H15ClN2O/c1-20-15-5-3-2-4-11(15)9-19-10-12-8-13(17)6-7-14(12)16(19)18/h2-8,10H,9,18H2,1H3. The summed E-state index contributed by atoms with van der Waals surface area (Å²) in [5.74, 6) is 1.60. The van der Waals surface area contributed by atoms with Crippen molar-refractivity contribution in [3.63, 3.8) is 0 Å². The second kappa shape index (κ2) is 5.10. The molecule has 0 unspecified atom stereocenters. The van der Waals surface area contributed by atoms with Gasteiger partial charge < -0.3 is 15.0 Å². The van der Waals surface area contributed by atoms with Crippen molar-refractivity contribution in [1.82, 2.24) is 4.57 Å². The molecule has 2 aromatic carbocycles. The fourth-order valence-corrected chi connectivity index (χ4v) is 2.59. The molecule has 0 atom stereocenters. The van der Waals surface area contributed by atoms with Gasteiger partial charge in [-0.1, -0.05) is 29.8 Å². The highest BCUT2D eigenvalue weighted by Gasteiger charge is 2.09. The Morgan fingerprint density at radius 1 is 1.20 bits per heavy atom. The van der Waals surface area contributed by atoms with Crippen LogP contribution in [0.5, 0.6) is 5.75 Å². The van der Waals surface area contributed by atoms with Crippen LogP contribution in [0.2, 0.25) is 5.02 Å². The molecule has 3 aromatic rings. The topological polar surface area (TPSA) is 40.2 Å². The maximum Gasteiger partial charge on any atom is 0.123 e. The van der Waals surface area contributed by atoms with Gasteiger partial charge in [0.2, 0.25) is 0 Å². The Morgan fingerprint density at radius 3 is 2.80 bits per heavy atom. The summed E-state index contributed by atoms with van der Waals surface area (Å²) in [6.45, 7) is 0.669. The van der Waals surface area contributed by atoms with E-state index in [0.717, 1.165) is 27.9 Å². The average molecular weight is 287 g/mol. The number of rotatable bonds is 3. The van der Waals surface area contributed by atoms with E-state index in [9.17, 15) is 0 Å². The molecule has 1 aromatic heterocycles. The Labute approximate surface area is 122 Å². The highest BCUT2D eigenvalue weighted by atomic mass is 35.5. The Morgan fingerprint density at radius 2 is 2.00 bits per heavy atom. The van der Waals surface area contributed by atoms with Crippen LogP contribution in [-0.4, -0.2) is 11.7 Å². The van der Waals surface area contributed by atoms with Crippen LogP contribution in [0.25, 0.3) is 10.8 Å². The Kier molecular flexibility index (Phi) is 3.28. The number of methoxy groups -OCH3 is 1. The molecular weight excluding hydrogens is 272 g/mol. The molecule has 0 aliphatic carbocycles. The number of fused-ring (bicyclic) bond motifs is 1. The molecule has 0 saturated heterocycles. The summed E-state index contributed by atoms with van der Waals surface area (Å²) in [6, 6.07) is 13.7. The number of aromatic nitrogens is 1. The van der Waals surface area contributed by atoms with Crippen molar-refractivity contribution >= 4 is 28.2 Å². The second-order valence-electron chi connectivity index (χ2n) is 4.69. The first-order valence-corrected chi connectivity index (χ1v) is 6.72. The number of hydrogen-bond donors (Lipinski definition) is 1. The van der Waals surface area contributed by atoms with E-state index in [1.165, 1.54) is 0 Å². The third kappa shape index (κ3) is 2.21. The maximum absolute atomic E-state index is 6.21. The fourth-order valence-electron chi connectivity index (χ4n) is 2.41. The first kappa shape index (κ1) is 12.9. The summed E-state index contributed by atoms with van der Waals surface area (Å²) in [6.07, 6.45) is 2.02. The van der Waals surface area contributed by atoms with Crippen molar-refractivity contribution in [2.75, 3.05) is 12.8 Å². The van der Waals surface area contributed by atoms with Crippen LogP contribution in [0, 0.1) is 0 Å². The molecule has 0 bridgehead atoms. The van der Waals surface area contributed by atoms with Crippen molar-refractivity contribution in [2.45, 2.75) is 6.54 Å². The van der Waals surface area contributed by atoms with E-state index in [1.54, 1.807) is 7.11 Å². The number of nitrogen functional groups attached to an aromatic ring is 1. The quantitative estimate of drug-likeness (QED) is 0.792.